The number of aliphatic hydroxyl groups is 1. The number of carbonyl (C=O) groups is 1. The van der Waals surface area contributed by atoms with Crippen molar-refractivity contribution in [3.63, 3.8) is 0 Å². The summed E-state index contributed by atoms with van der Waals surface area (Å²) < 4.78 is 0. The lowest BCUT2D eigenvalue weighted by Gasteiger charge is -2.61. The molecule has 3 unspecified atom stereocenters. The van der Waals surface area contributed by atoms with Gasteiger partial charge in [-0.25, -0.2) is 0 Å². The van der Waals surface area contributed by atoms with Gasteiger partial charge in [0.25, 0.3) is 0 Å². The predicted octanol–water partition coefficient (Wildman–Crippen LogP) is 4.60. The molecule has 0 saturated heterocycles. The van der Waals surface area contributed by atoms with Gasteiger partial charge in [0, 0.05) is 5.92 Å². The van der Waals surface area contributed by atoms with Crippen LogP contribution in [0.3, 0.4) is 0 Å². The van der Waals surface area contributed by atoms with Crippen molar-refractivity contribution in [3.8, 4) is 12.3 Å². The summed E-state index contributed by atoms with van der Waals surface area (Å²) in [6.45, 7) is 6.72. The van der Waals surface area contributed by atoms with Gasteiger partial charge in [-0.3, -0.25) is 4.79 Å². The van der Waals surface area contributed by atoms with Gasteiger partial charge in [-0.2, -0.15) is 0 Å². The number of Topliss-reactive ketones (excluding diaryl/α,β-unsaturated/α-hetero) is 1. The minimum absolute atomic E-state index is 0.240. The van der Waals surface area contributed by atoms with Crippen LogP contribution in [0.2, 0.25) is 0 Å². The molecule has 0 aromatic heterocycles. The van der Waals surface area contributed by atoms with Gasteiger partial charge in [-0.15, -0.1) is 6.42 Å². The smallest absolute Gasteiger partial charge is 0.133 e. The molecule has 0 aromatic carbocycles. The van der Waals surface area contributed by atoms with Gasteiger partial charge in [-0.05, 0) is 99.2 Å². The van der Waals surface area contributed by atoms with E-state index in [1.807, 2.05) is 6.92 Å². The second-order valence-electron chi connectivity index (χ2n) is 10.3. The van der Waals surface area contributed by atoms with E-state index in [9.17, 15) is 9.90 Å². The Bertz CT molecular complexity index is 618. The molecule has 0 aliphatic heterocycles. The maximum atomic E-state index is 12.2. The Morgan fingerprint density at radius 2 is 1.72 bits per heavy atom. The Balaban J connectivity index is 1.60. The lowest BCUT2D eigenvalue weighted by atomic mass is 9.44. The highest BCUT2D eigenvalue weighted by Crippen LogP contribution is 2.68. The fourth-order valence-electron chi connectivity index (χ4n) is 8.04. The zero-order chi connectivity index (χ0) is 18.0. The van der Waals surface area contributed by atoms with Gasteiger partial charge in [0.05, 0.1) is 0 Å². The van der Waals surface area contributed by atoms with E-state index >= 15 is 0 Å². The first-order chi connectivity index (χ1) is 11.7. The largest absolute Gasteiger partial charge is 0.378 e. The number of fused-ring (bicyclic) bond motifs is 5. The lowest BCUT2D eigenvalue weighted by molar-refractivity contribution is -0.144. The maximum Gasteiger partial charge on any atom is 0.133 e. The summed E-state index contributed by atoms with van der Waals surface area (Å²) >= 11 is 0. The Kier molecular flexibility index (Phi) is 3.94. The summed E-state index contributed by atoms with van der Waals surface area (Å²) in [5, 5.41) is 10.6. The molecule has 2 nitrogen and oxygen atoms in total. The summed E-state index contributed by atoms with van der Waals surface area (Å²) in [7, 11) is 0. The van der Waals surface area contributed by atoms with Crippen LogP contribution in [-0.4, -0.2) is 16.5 Å². The van der Waals surface area contributed by atoms with Crippen LogP contribution in [0.5, 0.6) is 0 Å². The third-order valence-electron chi connectivity index (χ3n) is 9.49. The van der Waals surface area contributed by atoms with E-state index in [1.54, 1.807) is 0 Å². The summed E-state index contributed by atoms with van der Waals surface area (Å²) in [5.74, 6) is 6.23. The van der Waals surface area contributed by atoms with E-state index in [0.29, 0.717) is 23.0 Å². The summed E-state index contributed by atoms with van der Waals surface area (Å²) in [6.07, 6.45) is 15.6. The van der Waals surface area contributed by atoms with Crippen molar-refractivity contribution in [1.29, 1.82) is 0 Å². The maximum absolute atomic E-state index is 12.2. The van der Waals surface area contributed by atoms with Crippen molar-refractivity contribution >= 4 is 5.78 Å². The van der Waals surface area contributed by atoms with Gasteiger partial charge < -0.3 is 5.11 Å². The van der Waals surface area contributed by atoms with Crippen LogP contribution in [0.4, 0.5) is 0 Å². The van der Waals surface area contributed by atoms with Crippen LogP contribution in [0.1, 0.15) is 78.6 Å². The molecular formula is C23H34O2. The fourth-order valence-corrected chi connectivity index (χ4v) is 8.04. The molecule has 0 aromatic rings. The standard InChI is InChI=1S/C23H34O2/c1-5-23(25)13-12-21(3)16(14-23)6-7-17-19-9-8-18(15(2)24)22(19,4)11-10-20(17)21/h1,16-20,25H,6-14H2,2-4H3/t16-,17?,18-,19?,20?,21+,22-,23-/m1/s1. The monoisotopic (exact) mass is 342 g/mol. The Morgan fingerprint density at radius 3 is 2.40 bits per heavy atom. The SMILES string of the molecule is C#C[C@@]1(O)CC[C@]2(C)C3CC[C@@]4(C)C(CC[C@@H]4C(C)=O)C3CC[C@@H]2C1. The van der Waals surface area contributed by atoms with Crippen molar-refractivity contribution in [2.24, 2.45) is 40.4 Å². The Morgan fingerprint density at radius 1 is 1.00 bits per heavy atom. The van der Waals surface area contributed by atoms with E-state index < -0.39 is 5.60 Å². The molecule has 4 aliphatic rings. The van der Waals surface area contributed by atoms with Crippen molar-refractivity contribution in [2.75, 3.05) is 0 Å². The molecule has 4 saturated carbocycles. The van der Waals surface area contributed by atoms with Crippen LogP contribution in [0.15, 0.2) is 0 Å². The van der Waals surface area contributed by atoms with E-state index in [0.717, 1.165) is 43.4 Å². The number of rotatable bonds is 1. The normalized spacial score (nSPS) is 54.8. The van der Waals surface area contributed by atoms with Crippen LogP contribution in [0.25, 0.3) is 0 Å². The van der Waals surface area contributed by atoms with Gasteiger partial charge in [0.2, 0.25) is 0 Å². The van der Waals surface area contributed by atoms with Crippen molar-refractivity contribution in [2.45, 2.75) is 84.2 Å². The topological polar surface area (TPSA) is 37.3 Å². The average Bonchev–Trinajstić information content (AvgIpc) is 2.93. The van der Waals surface area contributed by atoms with Gasteiger partial charge in [0.15, 0.2) is 0 Å². The highest BCUT2D eigenvalue weighted by atomic mass is 16.3. The van der Waals surface area contributed by atoms with E-state index in [2.05, 4.69) is 19.8 Å². The molecule has 1 N–H and O–H groups in total. The first-order valence-corrected chi connectivity index (χ1v) is 10.4. The highest BCUT2D eigenvalue weighted by molar-refractivity contribution is 5.79. The minimum atomic E-state index is -0.868. The van der Waals surface area contributed by atoms with Crippen LogP contribution >= 0.6 is 0 Å². The first kappa shape index (κ1) is 17.6. The molecule has 2 heteroatoms. The zero-order valence-corrected chi connectivity index (χ0v) is 16.2. The Labute approximate surface area is 153 Å². The van der Waals surface area contributed by atoms with Crippen LogP contribution in [0, 0.1) is 52.8 Å². The molecule has 4 rings (SSSR count). The molecule has 0 amide bonds. The van der Waals surface area contributed by atoms with Crippen molar-refractivity contribution < 1.29 is 9.90 Å². The number of ketones is 1. The Hall–Kier alpha value is -0.810. The van der Waals surface area contributed by atoms with Gasteiger partial charge >= 0.3 is 0 Å². The predicted molar refractivity (Wildman–Crippen MR) is 99.7 cm³/mol. The molecule has 4 fully saturated rings. The van der Waals surface area contributed by atoms with E-state index in [1.165, 1.54) is 32.1 Å². The quantitative estimate of drug-likeness (QED) is 0.707. The molecule has 8 atom stereocenters. The third kappa shape index (κ3) is 2.38. The van der Waals surface area contributed by atoms with Crippen molar-refractivity contribution in [1.82, 2.24) is 0 Å². The molecule has 4 aliphatic carbocycles. The number of terminal acetylenes is 1. The third-order valence-corrected chi connectivity index (χ3v) is 9.49. The molecule has 138 valence electrons. The first-order valence-electron chi connectivity index (χ1n) is 10.4. The minimum Gasteiger partial charge on any atom is -0.378 e. The lowest BCUT2D eigenvalue weighted by Crippen LogP contribution is -2.55. The highest BCUT2D eigenvalue weighted by Gasteiger charge is 2.61. The molecule has 0 heterocycles. The van der Waals surface area contributed by atoms with Crippen LogP contribution in [-0.2, 0) is 4.79 Å². The molecular weight excluding hydrogens is 308 g/mol. The summed E-state index contributed by atoms with van der Waals surface area (Å²) in [6, 6.07) is 0. The van der Waals surface area contributed by atoms with Gasteiger partial charge in [0.1, 0.15) is 11.4 Å². The second kappa shape index (κ2) is 5.59. The molecule has 25 heavy (non-hydrogen) atoms. The van der Waals surface area contributed by atoms with Crippen LogP contribution < -0.4 is 0 Å². The number of hydrogen-bond donors (Lipinski definition) is 1. The van der Waals surface area contributed by atoms with E-state index in [-0.39, 0.29) is 5.41 Å². The number of carbonyl (C=O) groups excluding carboxylic acids is 1. The summed E-state index contributed by atoms with van der Waals surface area (Å²) in [5.41, 5.74) is -0.292. The zero-order valence-electron chi connectivity index (χ0n) is 16.2. The second-order valence-corrected chi connectivity index (χ2v) is 10.3. The average molecular weight is 343 g/mol. The van der Waals surface area contributed by atoms with E-state index in [4.69, 9.17) is 6.42 Å². The van der Waals surface area contributed by atoms with Crippen molar-refractivity contribution in [3.05, 3.63) is 0 Å². The molecule has 0 radical (unpaired) electrons. The summed E-state index contributed by atoms with van der Waals surface area (Å²) in [4.78, 5) is 12.2. The molecule has 0 bridgehead atoms. The number of hydrogen-bond acceptors (Lipinski definition) is 2. The molecule has 0 spiro atoms. The fraction of sp³-hybridized carbons (Fsp3) is 0.870. The van der Waals surface area contributed by atoms with Gasteiger partial charge in [-0.1, -0.05) is 19.8 Å².